The number of carbonyl (C=O) groups excluding carboxylic acids is 2. The Morgan fingerprint density at radius 3 is 2.36 bits per heavy atom. The molecule has 0 fully saturated rings. The quantitative estimate of drug-likeness (QED) is 0.667. The summed E-state index contributed by atoms with van der Waals surface area (Å²) in [5.41, 5.74) is 1.52. The number of amides is 1. The van der Waals surface area contributed by atoms with Gasteiger partial charge in [0.15, 0.2) is 24.7 Å². The lowest BCUT2D eigenvalue weighted by molar-refractivity contribution is -0.149. The third-order valence-electron chi connectivity index (χ3n) is 3.63. The van der Waals surface area contributed by atoms with Gasteiger partial charge in [0.1, 0.15) is 5.75 Å². The van der Waals surface area contributed by atoms with Crippen molar-refractivity contribution in [3.63, 3.8) is 0 Å². The van der Waals surface area contributed by atoms with E-state index in [2.05, 4.69) is 5.32 Å². The number of hydrogen-bond acceptors (Lipinski definition) is 6. The molecule has 0 unspecified atom stereocenters. The first-order valence-electron chi connectivity index (χ1n) is 8.58. The maximum Gasteiger partial charge on any atom is 0.344 e. The van der Waals surface area contributed by atoms with E-state index >= 15 is 0 Å². The molecule has 7 heteroatoms. The molecule has 7 nitrogen and oxygen atoms in total. The van der Waals surface area contributed by atoms with E-state index in [4.69, 9.17) is 18.9 Å². The molecule has 2 rings (SSSR count). The molecule has 0 spiro atoms. The Morgan fingerprint density at radius 2 is 1.71 bits per heavy atom. The minimum absolute atomic E-state index is 0.338. The second-order valence-corrected chi connectivity index (χ2v) is 5.64. The highest BCUT2D eigenvalue weighted by Crippen LogP contribution is 2.28. The van der Waals surface area contributed by atoms with Crippen LogP contribution in [0, 0.1) is 0 Å². The van der Waals surface area contributed by atoms with Gasteiger partial charge in [-0.3, -0.25) is 4.79 Å². The number of benzene rings is 2. The van der Waals surface area contributed by atoms with E-state index in [9.17, 15) is 9.59 Å². The van der Waals surface area contributed by atoms with Crippen LogP contribution in [0.2, 0.25) is 0 Å². The van der Waals surface area contributed by atoms with Crippen LogP contribution in [0.1, 0.15) is 12.5 Å². The van der Waals surface area contributed by atoms with Crippen molar-refractivity contribution in [2.24, 2.45) is 0 Å². The third kappa shape index (κ3) is 6.35. The molecule has 0 saturated heterocycles. The summed E-state index contributed by atoms with van der Waals surface area (Å²) < 4.78 is 20.7. The van der Waals surface area contributed by atoms with E-state index in [-0.39, 0.29) is 6.61 Å². The van der Waals surface area contributed by atoms with Crippen LogP contribution in [0.5, 0.6) is 17.2 Å². The highest BCUT2D eigenvalue weighted by Gasteiger charge is 2.11. The first-order chi connectivity index (χ1) is 13.5. The van der Waals surface area contributed by atoms with Crippen molar-refractivity contribution in [1.29, 1.82) is 0 Å². The predicted octanol–water partition coefficient (Wildman–Crippen LogP) is 3.30. The molecule has 0 bridgehead atoms. The summed E-state index contributed by atoms with van der Waals surface area (Å²) in [5, 5.41) is 2.62. The van der Waals surface area contributed by atoms with Gasteiger partial charge >= 0.3 is 5.97 Å². The van der Waals surface area contributed by atoms with Crippen molar-refractivity contribution in [2.75, 3.05) is 32.8 Å². The van der Waals surface area contributed by atoms with Gasteiger partial charge < -0.3 is 24.3 Å². The summed E-state index contributed by atoms with van der Waals surface area (Å²) in [6.45, 7) is 1.17. The van der Waals surface area contributed by atoms with Crippen molar-refractivity contribution < 1.29 is 28.5 Å². The third-order valence-corrected chi connectivity index (χ3v) is 3.63. The zero-order valence-electron chi connectivity index (χ0n) is 16.1. The molecule has 0 saturated carbocycles. The van der Waals surface area contributed by atoms with Gasteiger partial charge in [-0.15, -0.1) is 0 Å². The Labute approximate surface area is 163 Å². The van der Waals surface area contributed by atoms with Gasteiger partial charge in [-0.05, 0) is 48.9 Å². The molecule has 0 aliphatic heterocycles. The number of nitrogens with one attached hydrogen (secondary N) is 1. The van der Waals surface area contributed by atoms with Crippen LogP contribution in [0.15, 0.2) is 48.5 Å². The Balaban J connectivity index is 1.79. The predicted molar refractivity (Wildman–Crippen MR) is 106 cm³/mol. The molecule has 0 heterocycles. The van der Waals surface area contributed by atoms with Crippen LogP contribution >= 0.6 is 0 Å². The van der Waals surface area contributed by atoms with Gasteiger partial charge in [0.2, 0.25) is 0 Å². The summed E-state index contributed by atoms with van der Waals surface area (Å²) in [7, 11) is 3.07. The van der Waals surface area contributed by atoms with E-state index in [0.717, 1.165) is 5.56 Å². The molecule has 148 valence electrons. The molecule has 0 aromatic heterocycles. The largest absolute Gasteiger partial charge is 0.497 e. The molecule has 0 atom stereocenters. The number of ether oxygens (including phenoxy) is 4. The minimum Gasteiger partial charge on any atom is -0.497 e. The molecule has 0 aliphatic rings. The average molecular weight is 385 g/mol. The van der Waals surface area contributed by atoms with E-state index in [0.29, 0.717) is 22.9 Å². The van der Waals surface area contributed by atoms with E-state index in [1.165, 1.54) is 7.11 Å². The number of anilines is 1. The summed E-state index contributed by atoms with van der Waals surface area (Å²) >= 11 is 0. The number of allylic oxidation sites excluding steroid dienone is 1. The van der Waals surface area contributed by atoms with Crippen LogP contribution < -0.4 is 19.5 Å². The smallest absolute Gasteiger partial charge is 0.344 e. The van der Waals surface area contributed by atoms with Crippen molar-refractivity contribution in [3.05, 3.63) is 54.1 Å². The van der Waals surface area contributed by atoms with Crippen molar-refractivity contribution in [3.8, 4) is 17.2 Å². The highest BCUT2D eigenvalue weighted by molar-refractivity contribution is 5.92. The normalized spacial score (nSPS) is 10.4. The average Bonchev–Trinajstić information content (AvgIpc) is 2.72. The molecule has 2 aromatic carbocycles. The van der Waals surface area contributed by atoms with Gasteiger partial charge in [0, 0.05) is 5.69 Å². The first-order valence-corrected chi connectivity index (χ1v) is 8.58. The number of rotatable bonds is 9. The number of hydrogen-bond donors (Lipinski definition) is 1. The van der Waals surface area contributed by atoms with Crippen LogP contribution in [-0.2, 0) is 14.3 Å². The lowest BCUT2D eigenvalue weighted by Gasteiger charge is -2.11. The minimum atomic E-state index is -0.663. The van der Waals surface area contributed by atoms with Crippen LogP contribution in [0.4, 0.5) is 5.69 Å². The summed E-state index contributed by atoms with van der Waals surface area (Å²) in [5.74, 6) is 0.475. The summed E-state index contributed by atoms with van der Waals surface area (Å²) in [4.78, 5) is 23.7. The lowest BCUT2D eigenvalue weighted by Crippen LogP contribution is -2.23. The van der Waals surface area contributed by atoms with Gasteiger partial charge in [-0.2, -0.15) is 0 Å². The Morgan fingerprint density at radius 1 is 0.964 bits per heavy atom. The topological polar surface area (TPSA) is 83.1 Å². The van der Waals surface area contributed by atoms with Gasteiger partial charge in [-0.1, -0.05) is 18.2 Å². The van der Waals surface area contributed by atoms with Crippen LogP contribution in [-0.4, -0.2) is 39.3 Å². The number of esters is 1. The molecule has 0 radical (unpaired) electrons. The second kappa shape index (κ2) is 10.6. The zero-order chi connectivity index (χ0) is 20.4. The van der Waals surface area contributed by atoms with Crippen LogP contribution in [0.25, 0.3) is 6.08 Å². The number of methoxy groups -OCH3 is 2. The standard InChI is InChI=1S/C21H23NO6/c1-4-5-15-6-11-18(19(12-15)26-3)27-14-21(24)28-13-20(23)22-16-7-9-17(25-2)10-8-16/h4-12H,13-14H2,1-3H3,(H,22,23)/b5-4+. The van der Waals surface area contributed by atoms with Crippen molar-refractivity contribution in [2.45, 2.75) is 6.92 Å². The Hall–Kier alpha value is -3.48. The molecular weight excluding hydrogens is 362 g/mol. The fourth-order valence-corrected chi connectivity index (χ4v) is 2.30. The lowest BCUT2D eigenvalue weighted by atomic mass is 10.2. The van der Waals surface area contributed by atoms with Crippen molar-refractivity contribution in [1.82, 2.24) is 0 Å². The van der Waals surface area contributed by atoms with E-state index in [1.807, 2.05) is 25.1 Å². The summed E-state index contributed by atoms with van der Waals surface area (Å²) in [6, 6.07) is 12.1. The molecule has 0 aliphatic carbocycles. The highest BCUT2D eigenvalue weighted by atomic mass is 16.6. The Kier molecular flexibility index (Phi) is 7.90. The zero-order valence-corrected chi connectivity index (χ0v) is 16.1. The molecule has 1 amide bonds. The van der Waals surface area contributed by atoms with Gasteiger partial charge in [-0.25, -0.2) is 4.79 Å². The fourth-order valence-electron chi connectivity index (χ4n) is 2.30. The number of carbonyl (C=O) groups is 2. The van der Waals surface area contributed by atoms with Crippen molar-refractivity contribution >= 4 is 23.6 Å². The molecule has 28 heavy (non-hydrogen) atoms. The first kappa shape index (κ1) is 20.8. The SMILES string of the molecule is C/C=C/c1ccc(OCC(=O)OCC(=O)Nc2ccc(OC)cc2)c(OC)c1. The Bertz CT molecular complexity index is 829. The second-order valence-electron chi connectivity index (χ2n) is 5.64. The van der Waals surface area contributed by atoms with Gasteiger partial charge in [0.25, 0.3) is 5.91 Å². The molecule has 2 aromatic rings. The maximum absolute atomic E-state index is 11.9. The monoisotopic (exact) mass is 385 g/mol. The van der Waals surface area contributed by atoms with E-state index < -0.39 is 18.5 Å². The van der Waals surface area contributed by atoms with Gasteiger partial charge in [0.05, 0.1) is 14.2 Å². The fraction of sp³-hybridized carbons (Fsp3) is 0.238. The van der Waals surface area contributed by atoms with E-state index in [1.54, 1.807) is 43.5 Å². The van der Waals surface area contributed by atoms with Crippen LogP contribution in [0.3, 0.4) is 0 Å². The molecule has 1 N–H and O–H groups in total. The summed E-state index contributed by atoms with van der Waals surface area (Å²) in [6.07, 6.45) is 3.83. The maximum atomic E-state index is 11.9. The molecular formula is C21H23NO6.